The average molecular weight is 268 g/mol. The van der Waals surface area contributed by atoms with Gasteiger partial charge in [0.05, 0.1) is 11.6 Å². The number of aryl methyl sites for hydroxylation is 1. The third-order valence-electron chi connectivity index (χ3n) is 3.36. The molecule has 0 amide bonds. The Morgan fingerprint density at radius 2 is 1.90 bits per heavy atom. The topological polar surface area (TPSA) is 35.8 Å². The Morgan fingerprint density at radius 3 is 2.55 bits per heavy atom. The van der Waals surface area contributed by atoms with E-state index in [-0.39, 0.29) is 11.9 Å². The molecule has 0 radical (unpaired) electrons. The van der Waals surface area contributed by atoms with Crippen molar-refractivity contribution in [1.29, 1.82) is 5.26 Å². The molecule has 0 aliphatic carbocycles. The van der Waals surface area contributed by atoms with E-state index in [0.29, 0.717) is 17.7 Å². The van der Waals surface area contributed by atoms with Gasteiger partial charge in [-0.15, -0.1) is 0 Å². The van der Waals surface area contributed by atoms with Gasteiger partial charge >= 0.3 is 0 Å². The highest BCUT2D eigenvalue weighted by Crippen LogP contribution is 2.16. The Kier molecular flexibility index (Phi) is 4.49. The lowest BCUT2D eigenvalue weighted by Crippen LogP contribution is -2.18. The summed E-state index contributed by atoms with van der Waals surface area (Å²) in [5, 5.41) is 12.3. The van der Waals surface area contributed by atoms with Gasteiger partial charge in [-0.3, -0.25) is 0 Å². The van der Waals surface area contributed by atoms with E-state index in [1.165, 1.54) is 29.3 Å². The Morgan fingerprint density at radius 1 is 1.20 bits per heavy atom. The van der Waals surface area contributed by atoms with E-state index in [4.69, 9.17) is 5.26 Å². The van der Waals surface area contributed by atoms with Crippen molar-refractivity contribution in [1.82, 2.24) is 5.32 Å². The average Bonchev–Trinajstić information content (AvgIpc) is 2.45. The second-order valence-corrected chi connectivity index (χ2v) is 4.93. The van der Waals surface area contributed by atoms with Gasteiger partial charge in [0.1, 0.15) is 5.82 Å². The summed E-state index contributed by atoms with van der Waals surface area (Å²) in [6.07, 6.45) is 0. The van der Waals surface area contributed by atoms with Crippen LogP contribution in [0.2, 0.25) is 0 Å². The molecule has 0 heterocycles. The SMILES string of the molecule is Cc1ccc([C@H](C)NCc2cc(F)ccc2C#N)cc1. The van der Waals surface area contributed by atoms with Crippen LogP contribution in [-0.2, 0) is 6.54 Å². The molecule has 3 heteroatoms. The molecule has 0 saturated heterocycles. The highest BCUT2D eigenvalue weighted by molar-refractivity contribution is 5.38. The predicted octanol–water partition coefficient (Wildman–Crippen LogP) is 3.86. The molecule has 20 heavy (non-hydrogen) atoms. The predicted molar refractivity (Wildman–Crippen MR) is 77.5 cm³/mol. The maximum Gasteiger partial charge on any atom is 0.123 e. The van der Waals surface area contributed by atoms with E-state index in [0.717, 1.165) is 0 Å². The molecule has 0 fully saturated rings. The van der Waals surface area contributed by atoms with Crippen LogP contribution in [-0.4, -0.2) is 0 Å². The maximum absolute atomic E-state index is 13.2. The van der Waals surface area contributed by atoms with Gasteiger partial charge in [0.15, 0.2) is 0 Å². The molecule has 2 rings (SSSR count). The van der Waals surface area contributed by atoms with Gasteiger partial charge in [-0.1, -0.05) is 29.8 Å². The number of hydrogen-bond donors (Lipinski definition) is 1. The molecule has 2 nitrogen and oxygen atoms in total. The van der Waals surface area contributed by atoms with Gasteiger partial charge in [-0.2, -0.15) is 5.26 Å². The summed E-state index contributed by atoms with van der Waals surface area (Å²) >= 11 is 0. The Hall–Kier alpha value is -2.18. The Balaban J connectivity index is 2.07. The van der Waals surface area contributed by atoms with Crippen molar-refractivity contribution >= 4 is 0 Å². The number of halogens is 1. The molecule has 0 aromatic heterocycles. The smallest absolute Gasteiger partial charge is 0.123 e. The van der Waals surface area contributed by atoms with Crippen molar-refractivity contribution in [2.24, 2.45) is 0 Å². The van der Waals surface area contributed by atoms with E-state index in [1.54, 1.807) is 0 Å². The fourth-order valence-electron chi connectivity index (χ4n) is 2.05. The highest BCUT2D eigenvalue weighted by Gasteiger charge is 2.08. The molecular weight excluding hydrogens is 251 g/mol. The van der Waals surface area contributed by atoms with E-state index < -0.39 is 0 Å². The Bertz CT molecular complexity index is 626. The van der Waals surface area contributed by atoms with Crippen LogP contribution in [0.1, 0.15) is 35.2 Å². The monoisotopic (exact) mass is 268 g/mol. The minimum absolute atomic E-state index is 0.144. The van der Waals surface area contributed by atoms with E-state index >= 15 is 0 Å². The van der Waals surface area contributed by atoms with Crippen LogP contribution in [0.3, 0.4) is 0 Å². The molecule has 1 N–H and O–H groups in total. The molecule has 0 unspecified atom stereocenters. The number of nitriles is 1. The van der Waals surface area contributed by atoms with Gasteiger partial charge in [-0.05, 0) is 43.2 Å². The maximum atomic E-state index is 13.2. The van der Waals surface area contributed by atoms with Crippen LogP contribution in [0, 0.1) is 24.1 Å². The molecule has 2 aromatic rings. The normalized spacial score (nSPS) is 11.9. The molecule has 1 atom stereocenters. The minimum atomic E-state index is -0.316. The van der Waals surface area contributed by atoms with Crippen LogP contribution in [0.4, 0.5) is 4.39 Å². The zero-order valence-corrected chi connectivity index (χ0v) is 11.7. The summed E-state index contributed by atoms with van der Waals surface area (Å²) in [6, 6.07) is 14.7. The molecule has 2 aromatic carbocycles. The number of hydrogen-bond acceptors (Lipinski definition) is 2. The van der Waals surface area contributed by atoms with Crippen LogP contribution in [0.15, 0.2) is 42.5 Å². The second-order valence-electron chi connectivity index (χ2n) is 4.93. The highest BCUT2D eigenvalue weighted by atomic mass is 19.1. The summed E-state index contributed by atoms with van der Waals surface area (Å²) in [4.78, 5) is 0. The Labute approximate surface area is 118 Å². The first kappa shape index (κ1) is 14.2. The van der Waals surface area contributed by atoms with Gasteiger partial charge in [0.25, 0.3) is 0 Å². The third kappa shape index (κ3) is 3.43. The van der Waals surface area contributed by atoms with Crippen molar-refractivity contribution in [3.63, 3.8) is 0 Å². The zero-order valence-electron chi connectivity index (χ0n) is 11.7. The summed E-state index contributed by atoms with van der Waals surface area (Å²) in [6.45, 7) is 4.57. The van der Waals surface area contributed by atoms with Gasteiger partial charge in [0.2, 0.25) is 0 Å². The van der Waals surface area contributed by atoms with Crippen LogP contribution in [0.25, 0.3) is 0 Å². The minimum Gasteiger partial charge on any atom is -0.306 e. The van der Waals surface area contributed by atoms with Crippen molar-refractivity contribution < 1.29 is 4.39 Å². The summed E-state index contributed by atoms with van der Waals surface area (Å²) < 4.78 is 13.2. The van der Waals surface area contributed by atoms with E-state index in [2.05, 4.69) is 42.6 Å². The van der Waals surface area contributed by atoms with Gasteiger partial charge in [0, 0.05) is 12.6 Å². The molecule has 102 valence electrons. The summed E-state index contributed by atoms with van der Waals surface area (Å²) in [7, 11) is 0. The lowest BCUT2D eigenvalue weighted by molar-refractivity contribution is 0.568. The number of nitrogens with one attached hydrogen (secondary N) is 1. The number of rotatable bonds is 4. The van der Waals surface area contributed by atoms with Crippen molar-refractivity contribution in [3.8, 4) is 6.07 Å². The molecule has 0 aliphatic heterocycles. The van der Waals surface area contributed by atoms with Crippen LogP contribution < -0.4 is 5.32 Å². The fraction of sp³-hybridized carbons (Fsp3) is 0.235. The van der Waals surface area contributed by atoms with E-state index in [9.17, 15) is 4.39 Å². The lowest BCUT2D eigenvalue weighted by Gasteiger charge is -2.15. The first-order valence-electron chi connectivity index (χ1n) is 6.58. The molecule has 0 saturated carbocycles. The molecule has 0 spiro atoms. The first-order valence-corrected chi connectivity index (χ1v) is 6.58. The quantitative estimate of drug-likeness (QED) is 0.914. The van der Waals surface area contributed by atoms with Gasteiger partial charge in [-0.25, -0.2) is 4.39 Å². The number of nitrogens with zero attached hydrogens (tertiary/aromatic N) is 1. The van der Waals surface area contributed by atoms with E-state index in [1.807, 2.05) is 6.92 Å². The third-order valence-corrected chi connectivity index (χ3v) is 3.36. The largest absolute Gasteiger partial charge is 0.306 e. The van der Waals surface area contributed by atoms with Gasteiger partial charge < -0.3 is 5.32 Å². The van der Waals surface area contributed by atoms with Crippen LogP contribution in [0.5, 0.6) is 0 Å². The molecular formula is C17H17FN2. The summed E-state index contributed by atoms with van der Waals surface area (Å²) in [5.74, 6) is -0.316. The fourth-order valence-corrected chi connectivity index (χ4v) is 2.05. The van der Waals surface area contributed by atoms with Crippen LogP contribution >= 0.6 is 0 Å². The van der Waals surface area contributed by atoms with Crippen molar-refractivity contribution in [2.75, 3.05) is 0 Å². The first-order chi connectivity index (χ1) is 9.60. The second kappa shape index (κ2) is 6.31. The standard InChI is InChI=1S/C17H17FN2/c1-12-3-5-14(6-4-12)13(2)20-11-16-9-17(18)8-7-15(16)10-19/h3-9,13,20H,11H2,1-2H3/t13-/m0/s1. The summed E-state index contributed by atoms with van der Waals surface area (Å²) in [5.41, 5.74) is 3.59. The van der Waals surface area contributed by atoms with Crippen molar-refractivity contribution in [3.05, 3.63) is 70.5 Å². The van der Waals surface area contributed by atoms with Crippen molar-refractivity contribution in [2.45, 2.75) is 26.4 Å². The lowest BCUT2D eigenvalue weighted by atomic mass is 10.0. The molecule has 0 aliphatic rings. The molecule has 0 bridgehead atoms. The number of benzene rings is 2. The zero-order chi connectivity index (χ0) is 14.5.